The quantitative estimate of drug-likeness (QED) is 0.892. The number of aromatic amines is 1. The van der Waals surface area contributed by atoms with Gasteiger partial charge in [0, 0.05) is 31.6 Å². The summed E-state index contributed by atoms with van der Waals surface area (Å²) in [5.41, 5.74) is 1.82. The molecule has 2 aromatic rings. The van der Waals surface area contributed by atoms with E-state index in [2.05, 4.69) is 15.3 Å². The number of methoxy groups -OCH3 is 1. The number of benzene rings is 1. The molecule has 1 aliphatic heterocycles. The number of carbonyl (C=O) groups excluding carboxylic acids is 2. The molecule has 0 saturated carbocycles. The van der Waals surface area contributed by atoms with Crippen LogP contribution in [0.4, 0.5) is 5.69 Å². The molecule has 126 valence electrons. The summed E-state index contributed by atoms with van der Waals surface area (Å²) >= 11 is 0. The molecule has 0 bridgehead atoms. The summed E-state index contributed by atoms with van der Waals surface area (Å²) in [6.07, 6.45) is 0.345. The number of hydrogen-bond acceptors (Lipinski definition) is 4. The second-order valence-electron chi connectivity index (χ2n) is 5.75. The zero-order chi connectivity index (χ0) is 17.3. The van der Waals surface area contributed by atoms with Crippen molar-refractivity contribution >= 4 is 17.5 Å². The molecule has 1 saturated heterocycles. The van der Waals surface area contributed by atoms with Crippen molar-refractivity contribution in [2.75, 3.05) is 25.6 Å². The summed E-state index contributed by atoms with van der Waals surface area (Å²) in [4.78, 5) is 33.5. The van der Waals surface area contributed by atoms with Gasteiger partial charge in [-0.15, -0.1) is 0 Å². The third-order valence-corrected chi connectivity index (χ3v) is 4.23. The first kappa shape index (κ1) is 16.0. The minimum absolute atomic E-state index is 0.0139. The Kier molecular flexibility index (Phi) is 4.24. The summed E-state index contributed by atoms with van der Waals surface area (Å²) in [7, 11) is 3.15. The van der Waals surface area contributed by atoms with Crippen molar-refractivity contribution < 1.29 is 14.3 Å². The number of aryl methyl sites for hydroxylation is 1. The van der Waals surface area contributed by atoms with Crippen LogP contribution in [0.5, 0.6) is 5.75 Å². The van der Waals surface area contributed by atoms with Gasteiger partial charge in [-0.2, -0.15) is 0 Å². The molecule has 2 N–H and O–H groups in total. The molecule has 2 heterocycles. The van der Waals surface area contributed by atoms with Gasteiger partial charge in [-0.05, 0) is 19.1 Å². The second-order valence-corrected chi connectivity index (χ2v) is 5.75. The van der Waals surface area contributed by atoms with Gasteiger partial charge in [0.1, 0.15) is 17.3 Å². The fourth-order valence-electron chi connectivity index (χ4n) is 2.99. The van der Waals surface area contributed by atoms with Crippen LogP contribution in [0.3, 0.4) is 0 Å². The van der Waals surface area contributed by atoms with Crippen LogP contribution in [-0.4, -0.2) is 42.5 Å². The fourth-order valence-corrected chi connectivity index (χ4v) is 2.99. The van der Waals surface area contributed by atoms with E-state index in [4.69, 9.17) is 4.74 Å². The third kappa shape index (κ3) is 2.73. The lowest BCUT2D eigenvalue weighted by Gasteiger charge is -2.19. The Morgan fingerprint density at radius 2 is 2.17 bits per heavy atom. The molecule has 1 aromatic carbocycles. The Bertz CT molecular complexity index is 784. The standard InChI is InChI=1S/C17H20N4O3/c1-10-15(17(23)18-2)20-16(19-10)11-8-14(22)21(9-11)12-6-4-5-7-13(12)24-3/h4-7,11H,8-9H2,1-3H3,(H,18,23)(H,19,20). The van der Waals surface area contributed by atoms with E-state index in [1.165, 1.54) is 0 Å². The molecule has 2 amide bonds. The van der Waals surface area contributed by atoms with Crippen LogP contribution in [-0.2, 0) is 4.79 Å². The first-order valence-electron chi connectivity index (χ1n) is 7.77. The number of carbonyl (C=O) groups is 2. The van der Waals surface area contributed by atoms with E-state index in [9.17, 15) is 9.59 Å². The smallest absolute Gasteiger partial charge is 0.271 e. The van der Waals surface area contributed by atoms with Gasteiger partial charge in [0.05, 0.1) is 12.8 Å². The van der Waals surface area contributed by atoms with Crippen molar-refractivity contribution in [3.05, 3.63) is 41.5 Å². The summed E-state index contributed by atoms with van der Waals surface area (Å²) in [6.45, 7) is 2.30. The van der Waals surface area contributed by atoms with E-state index >= 15 is 0 Å². The number of hydrogen-bond donors (Lipinski definition) is 2. The number of nitrogens with zero attached hydrogens (tertiary/aromatic N) is 2. The van der Waals surface area contributed by atoms with Gasteiger partial charge in [0.15, 0.2) is 0 Å². The van der Waals surface area contributed by atoms with E-state index in [1.54, 1.807) is 26.0 Å². The van der Waals surface area contributed by atoms with Gasteiger partial charge in [-0.1, -0.05) is 12.1 Å². The number of para-hydroxylation sites is 2. The Hall–Kier alpha value is -2.83. The molecule has 0 aliphatic carbocycles. The highest BCUT2D eigenvalue weighted by molar-refractivity contribution is 5.98. The van der Waals surface area contributed by atoms with Crippen LogP contribution in [0.2, 0.25) is 0 Å². The molecular formula is C17H20N4O3. The second kappa shape index (κ2) is 6.35. The van der Waals surface area contributed by atoms with E-state index in [1.807, 2.05) is 24.3 Å². The number of nitrogens with one attached hydrogen (secondary N) is 2. The van der Waals surface area contributed by atoms with Gasteiger partial charge in [0.2, 0.25) is 5.91 Å². The van der Waals surface area contributed by atoms with Crippen LogP contribution in [0.15, 0.2) is 24.3 Å². The molecule has 1 unspecified atom stereocenters. The third-order valence-electron chi connectivity index (χ3n) is 4.23. The molecule has 3 rings (SSSR count). The van der Waals surface area contributed by atoms with Gasteiger partial charge >= 0.3 is 0 Å². The van der Waals surface area contributed by atoms with Crippen molar-refractivity contribution in [3.8, 4) is 5.75 Å². The van der Waals surface area contributed by atoms with E-state index in [0.29, 0.717) is 35.9 Å². The normalized spacial score (nSPS) is 17.2. The number of aromatic nitrogens is 2. The molecule has 7 heteroatoms. The van der Waals surface area contributed by atoms with Crippen molar-refractivity contribution in [1.29, 1.82) is 0 Å². The Labute approximate surface area is 140 Å². The highest BCUT2D eigenvalue weighted by atomic mass is 16.5. The van der Waals surface area contributed by atoms with Crippen LogP contribution in [0.1, 0.15) is 34.3 Å². The van der Waals surface area contributed by atoms with E-state index in [-0.39, 0.29) is 17.7 Å². The average Bonchev–Trinajstić information content (AvgIpc) is 3.17. The van der Waals surface area contributed by atoms with E-state index in [0.717, 1.165) is 5.69 Å². The van der Waals surface area contributed by atoms with E-state index < -0.39 is 0 Å². The maximum atomic E-state index is 12.5. The molecule has 1 atom stereocenters. The summed E-state index contributed by atoms with van der Waals surface area (Å²) < 4.78 is 5.35. The number of amides is 2. The summed E-state index contributed by atoms with van der Waals surface area (Å²) in [5, 5.41) is 2.57. The minimum atomic E-state index is -0.235. The molecule has 1 aromatic heterocycles. The summed E-state index contributed by atoms with van der Waals surface area (Å²) in [6, 6.07) is 7.43. The topological polar surface area (TPSA) is 87.3 Å². The first-order chi connectivity index (χ1) is 11.5. The lowest BCUT2D eigenvalue weighted by atomic mass is 10.1. The summed E-state index contributed by atoms with van der Waals surface area (Å²) in [5.74, 6) is 1.02. The van der Waals surface area contributed by atoms with Gasteiger partial charge < -0.3 is 19.9 Å². The Morgan fingerprint density at radius 3 is 2.88 bits per heavy atom. The van der Waals surface area contributed by atoms with Crippen molar-refractivity contribution in [2.24, 2.45) is 0 Å². The Balaban J connectivity index is 1.86. The number of ether oxygens (including phenoxy) is 1. The van der Waals surface area contributed by atoms with Gasteiger partial charge in [0.25, 0.3) is 5.91 Å². The maximum Gasteiger partial charge on any atom is 0.271 e. The Morgan fingerprint density at radius 1 is 1.42 bits per heavy atom. The van der Waals surface area contributed by atoms with Crippen LogP contribution >= 0.6 is 0 Å². The maximum absolute atomic E-state index is 12.5. The van der Waals surface area contributed by atoms with Crippen molar-refractivity contribution in [1.82, 2.24) is 15.3 Å². The lowest BCUT2D eigenvalue weighted by Crippen LogP contribution is -2.24. The fraction of sp³-hybridized carbons (Fsp3) is 0.353. The van der Waals surface area contributed by atoms with Crippen LogP contribution < -0.4 is 15.0 Å². The zero-order valence-corrected chi connectivity index (χ0v) is 13.9. The molecule has 24 heavy (non-hydrogen) atoms. The van der Waals surface area contributed by atoms with Crippen molar-refractivity contribution in [3.63, 3.8) is 0 Å². The highest BCUT2D eigenvalue weighted by Gasteiger charge is 2.35. The predicted octanol–water partition coefficient (Wildman–Crippen LogP) is 1.61. The molecule has 1 fully saturated rings. The lowest BCUT2D eigenvalue weighted by molar-refractivity contribution is -0.117. The predicted molar refractivity (Wildman–Crippen MR) is 89.4 cm³/mol. The average molecular weight is 328 g/mol. The molecule has 0 spiro atoms. The largest absolute Gasteiger partial charge is 0.495 e. The highest BCUT2D eigenvalue weighted by Crippen LogP contribution is 2.35. The number of anilines is 1. The SMILES string of the molecule is CNC(=O)c1nc(C2CC(=O)N(c3ccccc3OC)C2)[nH]c1C. The van der Waals surface area contributed by atoms with Crippen LogP contribution in [0.25, 0.3) is 0 Å². The zero-order valence-electron chi connectivity index (χ0n) is 13.9. The van der Waals surface area contributed by atoms with Gasteiger partial charge in [-0.3, -0.25) is 9.59 Å². The first-order valence-corrected chi connectivity index (χ1v) is 7.77. The molecule has 0 radical (unpaired) electrons. The van der Waals surface area contributed by atoms with Crippen molar-refractivity contribution in [2.45, 2.75) is 19.3 Å². The number of rotatable bonds is 4. The molecule has 1 aliphatic rings. The number of H-pyrrole nitrogens is 1. The van der Waals surface area contributed by atoms with Gasteiger partial charge in [-0.25, -0.2) is 4.98 Å². The monoisotopic (exact) mass is 328 g/mol. The number of imidazole rings is 1. The van der Waals surface area contributed by atoms with Crippen LogP contribution in [0, 0.1) is 6.92 Å². The molecule has 7 nitrogen and oxygen atoms in total. The minimum Gasteiger partial charge on any atom is -0.495 e. The molecular weight excluding hydrogens is 308 g/mol.